The van der Waals surface area contributed by atoms with E-state index in [-0.39, 0.29) is 6.04 Å². The number of carbonyl (C=O) groups is 2. The van der Waals surface area contributed by atoms with Crippen LogP contribution in [0.4, 0.5) is 0 Å². The second kappa shape index (κ2) is 26.2. The van der Waals surface area contributed by atoms with Gasteiger partial charge in [-0.3, -0.25) is 9.59 Å². The van der Waals surface area contributed by atoms with Gasteiger partial charge in [-0.25, -0.2) is 0 Å². The standard InChI is InChI=1S/C7H13N.2C6H12O2.2ClH.Pt/c1-6-4-2-3-5-7(6)8;2*1-2-3-4-5-6(7)8;;;/h6-8H,1-5H2;2*2-5H2,1H3,(H,7,8);2*1H;/q-2;;;;;+4/p-2/t6-,7-;;;;;/m1...../s1. The number of carboxylic acids is 2. The summed E-state index contributed by atoms with van der Waals surface area (Å²) in [6.45, 7) is 8.01. The molecule has 1 saturated carbocycles. The molecular formula is C19H37Cl2NO4Pt. The summed E-state index contributed by atoms with van der Waals surface area (Å²) in [6.07, 6.45) is 11.4. The van der Waals surface area contributed by atoms with Gasteiger partial charge in [0.2, 0.25) is 0 Å². The Balaban J connectivity index is -0.000000298. The first-order chi connectivity index (χ1) is 12.8. The molecule has 1 aliphatic rings. The number of hydrogen-bond donors (Lipinski definition) is 2. The quantitative estimate of drug-likeness (QED) is 0.226. The Hall–Kier alpha value is 0.168. The maximum absolute atomic E-state index is 9.87. The van der Waals surface area contributed by atoms with Crippen molar-refractivity contribution in [2.75, 3.05) is 0 Å². The number of carboxylic acid groups (broad SMARTS) is 2. The first kappa shape index (κ1) is 31.9. The van der Waals surface area contributed by atoms with Crippen molar-refractivity contribution in [3.05, 3.63) is 12.7 Å². The Kier molecular flexibility index (Phi) is 30.9. The van der Waals surface area contributed by atoms with Gasteiger partial charge in [0, 0.05) is 12.8 Å². The summed E-state index contributed by atoms with van der Waals surface area (Å²) >= 11 is -0.472. The van der Waals surface area contributed by atoms with Crippen molar-refractivity contribution in [1.29, 1.82) is 0 Å². The third kappa shape index (κ3) is 34.1. The molecule has 27 heavy (non-hydrogen) atoms. The molecule has 0 radical (unpaired) electrons. The van der Waals surface area contributed by atoms with Crippen LogP contribution >= 0.6 is 18.8 Å². The number of nitrogens with one attached hydrogen (secondary N) is 1. The monoisotopic (exact) mass is 608 g/mol. The zero-order valence-corrected chi connectivity index (χ0v) is 20.4. The number of hydrogen-bond acceptors (Lipinski definition) is 2. The fourth-order valence-corrected chi connectivity index (χ4v) is 2.26. The summed E-state index contributed by atoms with van der Waals surface area (Å²) in [5, 5.41) is 16.3. The summed E-state index contributed by atoms with van der Waals surface area (Å²) in [4.78, 5) is 19.7. The molecule has 0 spiro atoms. The van der Waals surface area contributed by atoms with Gasteiger partial charge in [-0.2, -0.15) is 12.0 Å². The summed E-state index contributed by atoms with van der Waals surface area (Å²) in [6, 6.07) is 0.142. The van der Waals surface area contributed by atoms with Crippen LogP contribution < -0.4 is 0 Å². The molecule has 0 aromatic rings. The predicted octanol–water partition coefficient (Wildman–Crippen LogP) is 7.11. The van der Waals surface area contributed by atoms with Gasteiger partial charge >= 0.3 is 47.3 Å². The SMILES string of the molecule is CCCCCC(=O)O.CCCCCC(=O)O.[CH2-][C@@H]1CCCC[C@H]1[NH-].[Cl][Pt+2][Cl]. The van der Waals surface area contributed by atoms with E-state index < -0.39 is 28.4 Å². The van der Waals surface area contributed by atoms with Crippen LogP contribution in [0.1, 0.15) is 90.9 Å². The van der Waals surface area contributed by atoms with Crippen molar-refractivity contribution in [1.82, 2.24) is 0 Å². The molecule has 0 amide bonds. The first-order valence-corrected chi connectivity index (χ1v) is 15.2. The van der Waals surface area contributed by atoms with Gasteiger partial charge in [-0.05, 0) is 12.8 Å². The van der Waals surface area contributed by atoms with Crippen LogP contribution in [0, 0.1) is 12.8 Å². The van der Waals surface area contributed by atoms with E-state index in [0.717, 1.165) is 44.9 Å². The average molecular weight is 609 g/mol. The molecule has 8 heteroatoms. The van der Waals surface area contributed by atoms with E-state index in [1.54, 1.807) is 0 Å². The third-order valence-electron chi connectivity index (χ3n) is 3.90. The van der Waals surface area contributed by atoms with Crippen molar-refractivity contribution in [2.24, 2.45) is 5.92 Å². The summed E-state index contributed by atoms with van der Waals surface area (Å²) < 4.78 is 0. The first-order valence-electron chi connectivity index (χ1n) is 9.56. The van der Waals surface area contributed by atoms with Crippen molar-refractivity contribution >= 4 is 30.8 Å². The summed E-state index contributed by atoms with van der Waals surface area (Å²) in [5.74, 6) is -0.944. The number of aliphatic carboxylic acids is 2. The fourth-order valence-electron chi connectivity index (χ4n) is 2.26. The van der Waals surface area contributed by atoms with E-state index >= 15 is 0 Å². The molecule has 0 aromatic heterocycles. The van der Waals surface area contributed by atoms with Crippen LogP contribution in [-0.4, -0.2) is 28.2 Å². The van der Waals surface area contributed by atoms with Crippen LogP contribution in [0.15, 0.2) is 0 Å². The molecule has 1 aliphatic carbocycles. The maximum atomic E-state index is 9.87. The number of unbranched alkanes of at least 4 members (excludes halogenated alkanes) is 4. The Morgan fingerprint density at radius 2 is 1.33 bits per heavy atom. The summed E-state index contributed by atoms with van der Waals surface area (Å²) in [5.41, 5.74) is 7.42. The van der Waals surface area contributed by atoms with Crippen molar-refractivity contribution in [2.45, 2.75) is 96.9 Å². The molecule has 0 aromatic carbocycles. The van der Waals surface area contributed by atoms with E-state index in [0.29, 0.717) is 18.8 Å². The molecule has 1 fully saturated rings. The van der Waals surface area contributed by atoms with E-state index in [4.69, 9.17) is 34.8 Å². The second-order valence-electron chi connectivity index (χ2n) is 6.40. The van der Waals surface area contributed by atoms with Crippen molar-refractivity contribution in [3.8, 4) is 0 Å². The molecule has 0 unspecified atom stereocenters. The van der Waals surface area contributed by atoms with Crippen LogP contribution in [-0.2, 0) is 26.1 Å². The topological polar surface area (TPSA) is 98.4 Å². The van der Waals surface area contributed by atoms with Gasteiger partial charge in [-0.1, -0.05) is 65.2 Å². The van der Waals surface area contributed by atoms with Gasteiger partial charge < -0.3 is 22.9 Å². The zero-order chi connectivity index (χ0) is 21.5. The van der Waals surface area contributed by atoms with Gasteiger partial charge in [0.05, 0.1) is 0 Å². The van der Waals surface area contributed by atoms with Gasteiger partial charge in [-0.15, -0.1) is 0 Å². The van der Waals surface area contributed by atoms with Crippen LogP contribution in [0.3, 0.4) is 0 Å². The second-order valence-corrected chi connectivity index (χ2v) is 9.68. The molecule has 1 rings (SSSR count). The normalized spacial score (nSPS) is 18.0. The summed E-state index contributed by atoms with van der Waals surface area (Å²) in [7, 11) is 9.75. The number of halogens is 2. The molecule has 166 valence electrons. The van der Waals surface area contributed by atoms with Crippen LogP contribution in [0.25, 0.3) is 5.73 Å². The van der Waals surface area contributed by atoms with Gasteiger partial charge in [0.25, 0.3) is 0 Å². The Morgan fingerprint density at radius 1 is 0.963 bits per heavy atom. The predicted molar refractivity (Wildman–Crippen MR) is 111 cm³/mol. The Morgan fingerprint density at radius 3 is 1.56 bits per heavy atom. The molecule has 5 nitrogen and oxygen atoms in total. The Bertz CT molecular complexity index is 307. The minimum absolute atomic E-state index is 0.142. The van der Waals surface area contributed by atoms with Crippen LogP contribution in [0.2, 0.25) is 0 Å². The van der Waals surface area contributed by atoms with Crippen molar-refractivity contribution in [3.63, 3.8) is 0 Å². The van der Waals surface area contributed by atoms with Gasteiger partial charge in [0.1, 0.15) is 0 Å². The third-order valence-corrected chi connectivity index (χ3v) is 3.90. The van der Waals surface area contributed by atoms with E-state index in [1.807, 2.05) is 0 Å². The molecule has 2 atom stereocenters. The van der Waals surface area contributed by atoms with Crippen LogP contribution in [0.5, 0.6) is 0 Å². The minimum atomic E-state index is -0.682. The molecule has 0 saturated heterocycles. The number of rotatable bonds is 8. The van der Waals surface area contributed by atoms with E-state index in [2.05, 4.69) is 20.8 Å². The average Bonchev–Trinajstić information content (AvgIpc) is 2.59. The zero-order valence-electron chi connectivity index (χ0n) is 16.6. The molecule has 0 heterocycles. The molecular weight excluding hydrogens is 572 g/mol. The molecule has 0 aliphatic heterocycles. The van der Waals surface area contributed by atoms with E-state index in [1.165, 1.54) is 19.3 Å². The van der Waals surface area contributed by atoms with Crippen molar-refractivity contribution < 1.29 is 36.3 Å². The molecule has 3 N–H and O–H groups in total. The Labute approximate surface area is 182 Å². The fraction of sp³-hybridized carbons (Fsp3) is 0.842. The molecule has 0 bridgehead atoms. The van der Waals surface area contributed by atoms with Gasteiger partial charge in [0.15, 0.2) is 0 Å². The van der Waals surface area contributed by atoms with E-state index in [9.17, 15) is 9.59 Å².